The molecule has 7 heteroatoms. The van der Waals surface area contributed by atoms with E-state index in [1.807, 2.05) is 0 Å². The molecular formula is C11H14ClN3O3. The molecule has 1 aromatic heterocycles. The molecule has 0 saturated heterocycles. The summed E-state index contributed by atoms with van der Waals surface area (Å²) in [7, 11) is 0. The summed E-state index contributed by atoms with van der Waals surface area (Å²) in [5, 5.41) is 23.6. The van der Waals surface area contributed by atoms with Crippen LogP contribution in [0.25, 0.3) is 0 Å². The fourth-order valence-corrected chi connectivity index (χ4v) is 2.44. The van der Waals surface area contributed by atoms with Gasteiger partial charge in [0.25, 0.3) is 0 Å². The van der Waals surface area contributed by atoms with E-state index in [-0.39, 0.29) is 23.3 Å². The maximum Gasteiger partial charge on any atom is 0.311 e. The van der Waals surface area contributed by atoms with Gasteiger partial charge >= 0.3 is 5.69 Å². The predicted octanol–water partition coefficient (Wildman–Crippen LogP) is 2.36. The summed E-state index contributed by atoms with van der Waals surface area (Å²) < 4.78 is 0. The lowest BCUT2D eigenvalue weighted by atomic mass is 9.99. The second-order valence-electron chi connectivity index (χ2n) is 4.53. The largest absolute Gasteiger partial charge is 0.394 e. The zero-order chi connectivity index (χ0) is 13.2. The number of halogens is 1. The monoisotopic (exact) mass is 271 g/mol. The van der Waals surface area contributed by atoms with Crippen LogP contribution in [0.3, 0.4) is 0 Å². The van der Waals surface area contributed by atoms with Crippen LogP contribution in [0.15, 0.2) is 12.1 Å². The molecule has 2 rings (SSSR count). The Labute approximate surface area is 109 Å². The van der Waals surface area contributed by atoms with Crippen LogP contribution in [0.1, 0.15) is 25.7 Å². The van der Waals surface area contributed by atoms with E-state index in [1.54, 1.807) is 0 Å². The van der Waals surface area contributed by atoms with Crippen LogP contribution in [0.4, 0.5) is 11.5 Å². The topological polar surface area (TPSA) is 88.3 Å². The molecule has 0 atom stereocenters. The lowest BCUT2D eigenvalue weighted by molar-refractivity contribution is -0.384. The third-order valence-corrected chi connectivity index (χ3v) is 3.49. The van der Waals surface area contributed by atoms with E-state index in [0.717, 1.165) is 25.7 Å². The molecule has 0 bridgehead atoms. The van der Waals surface area contributed by atoms with Gasteiger partial charge in [-0.15, -0.1) is 0 Å². The Morgan fingerprint density at radius 2 is 2.17 bits per heavy atom. The van der Waals surface area contributed by atoms with Crippen molar-refractivity contribution >= 4 is 23.1 Å². The number of nitrogens with one attached hydrogen (secondary N) is 1. The highest BCUT2D eigenvalue weighted by atomic mass is 35.5. The summed E-state index contributed by atoms with van der Waals surface area (Å²) in [6, 6.07) is 2.70. The molecule has 98 valence electrons. The SMILES string of the molecule is O=[N+]([O-])c1ccc(Cl)nc1NC1(CO)CCCC1. The number of aromatic nitrogens is 1. The molecule has 0 unspecified atom stereocenters. The van der Waals surface area contributed by atoms with Crippen LogP contribution in [-0.4, -0.2) is 27.2 Å². The zero-order valence-electron chi connectivity index (χ0n) is 9.73. The Balaban J connectivity index is 2.32. The summed E-state index contributed by atoms with van der Waals surface area (Å²) >= 11 is 5.76. The second-order valence-corrected chi connectivity index (χ2v) is 4.92. The van der Waals surface area contributed by atoms with Crippen molar-refractivity contribution in [1.82, 2.24) is 4.98 Å². The molecular weight excluding hydrogens is 258 g/mol. The van der Waals surface area contributed by atoms with E-state index in [9.17, 15) is 15.2 Å². The van der Waals surface area contributed by atoms with Crippen molar-refractivity contribution < 1.29 is 10.0 Å². The molecule has 1 aromatic rings. The lowest BCUT2D eigenvalue weighted by Gasteiger charge is -2.28. The molecule has 1 fully saturated rings. The summed E-state index contributed by atoms with van der Waals surface area (Å²) in [4.78, 5) is 14.4. The first-order valence-electron chi connectivity index (χ1n) is 5.76. The third-order valence-electron chi connectivity index (χ3n) is 3.28. The minimum absolute atomic E-state index is 0.0711. The third kappa shape index (κ3) is 2.54. The average Bonchev–Trinajstić information content (AvgIpc) is 2.78. The number of rotatable bonds is 4. The Morgan fingerprint density at radius 1 is 1.50 bits per heavy atom. The molecule has 0 aliphatic heterocycles. The first-order chi connectivity index (χ1) is 8.56. The highest BCUT2D eigenvalue weighted by molar-refractivity contribution is 6.29. The molecule has 2 N–H and O–H groups in total. The van der Waals surface area contributed by atoms with E-state index in [4.69, 9.17) is 11.6 Å². The fraction of sp³-hybridized carbons (Fsp3) is 0.545. The Hall–Kier alpha value is -1.40. The minimum Gasteiger partial charge on any atom is -0.394 e. The molecule has 0 aromatic carbocycles. The lowest BCUT2D eigenvalue weighted by Crippen LogP contribution is -2.39. The van der Waals surface area contributed by atoms with Gasteiger partial charge in [0.05, 0.1) is 17.1 Å². The average molecular weight is 272 g/mol. The maximum atomic E-state index is 10.9. The second kappa shape index (κ2) is 5.07. The predicted molar refractivity (Wildman–Crippen MR) is 67.8 cm³/mol. The van der Waals surface area contributed by atoms with Gasteiger partial charge in [0.2, 0.25) is 5.82 Å². The highest BCUT2D eigenvalue weighted by Crippen LogP contribution is 2.35. The number of nitrogens with zero attached hydrogens (tertiary/aromatic N) is 2. The summed E-state index contributed by atoms with van der Waals surface area (Å²) in [6.07, 6.45) is 3.52. The Kier molecular flexibility index (Phi) is 3.68. The number of aliphatic hydroxyl groups excluding tert-OH is 1. The van der Waals surface area contributed by atoms with Gasteiger partial charge in [0.15, 0.2) is 0 Å². The number of hydrogen-bond acceptors (Lipinski definition) is 5. The van der Waals surface area contributed by atoms with E-state index < -0.39 is 10.5 Å². The molecule has 1 aliphatic carbocycles. The van der Waals surface area contributed by atoms with Gasteiger partial charge in [-0.2, -0.15) is 0 Å². The van der Waals surface area contributed by atoms with Crippen molar-refractivity contribution in [3.63, 3.8) is 0 Å². The number of aliphatic hydroxyl groups is 1. The van der Waals surface area contributed by atoms with Crippen molar-refractivity contribution in [2.45, 2.75) is 31.2 Å². The van der Waals surface area contributed by atoms with Gasteiger partial charge in [-0.25, -0.2) is 4.98 Å². The van der Waals surface area contributed by atoms with Crippen molar-refractivity contribution in [1.29, 1.82) is 0 Å². The van der Waals surface area contributed by atoms with Gasteiger partial charge in [-0.3, -0.25) is 10.1 Å². The minimum atomic E-state index is -0.511. The Morgan fingerprint density at radius 3 is 2.72 bits per heavy atom. The van der Waals surface area contributed by atoms with Crippen LogP contribution in [0, 0.1) is 10.1 Å². The van der Waals surface area contributed by atoms with Gasteiger partial charge in [0.1, 0.15) is 5.15 Å². The summed E-state index contributed by atoms with van der Waals surface area (Å²) in [5.41, 5.74) is -0.637. The smallest absolute Gasteiger partial charge is 0.311 e. The van der Waals surface area contributed by atoms with Crippen LogP contribution in [0.5, 0.6) is 0 Å². The summed E-state index contributed by atoms with van der Waals surface area (Å²) in [6.45, 7) is -0.0711. The molecule has 6 nitrogen and oxygen atoms in total. The van der Waals surface area contributed by atoms with Crippen LogP contribution >= 0.6 is 11.6 Å². The van der Waals surface area contributed by atoms with Crippen molar-refractivity contribution in [2.24, 2.45) is 0 Å². The van der Waals surface area contributed by atoms with Crippen molar-refractivity contribution in [3.05, 3.63) is 27.4 Å². The summed E-state index contributed by atoms with van der Waals surface area (Å²) in [5.74, 6) is 0.128. The van der Waals surface area contributed by atoms with Crippen molar-refractivity contribution in [3.8, 4) is 0 Å². The van der Waals surface area contributed by atoms with E-state index in [2.05, 4.69) is 10.3 Å². The highest BCUT2D eigenvalue weighted by Gasteiger charge is 2.35. The quantitative estimate of drug-likeness (QED) is 0.498. The molecule has 18 heavy (non-hydrogen) atoms. The number of nitro groups is 1. The standard InChI is InChI=1S/C11H14ClN3O3/c12-9-4-3-8(15(17)18)10(13-9)14-11(7-16)5-1-2-6-11/h3-4,16H,1-2,5-7H2,(H,13,14). The first kappa shape index (κ1) is 13.0. The van der Waals surface area contributed by atoms with Gasteiger partial charge in [0, 0.05) is 6.07 Å². The van der Waals surface area contributed by atoms with E-state index >= 15 is 0 Å². The molecule has 1 aliphatic rings. The van der Waals surface area contributed by atoms with Gasteiger partial charge in [-0.05, 0) is 18.9 Å². The fourth-order valence-electron chi connectivity index (χ4n) is 2.29. The molecule has 0 amide bonds. The number of anilines is 1. The molecule has 0 radical (unpaired) electrons. The van der Waals surface area contributed by atoms with Crippen molar-refractivity contribution in [2.75, 3.05) is 11.9 Å². The van der Waals surface area contributed by atoms with E-state index in [0.29, 0.717) is 0 Å². The number of pyridine rings is 1. The molecule has 0 spiro atoms. The zero-order valence-corrected chi connectivity index (χ0v) is 10.5. The van der Waals surface area contributed by atoms with Crippen LogP contribution < -0.4 is 5.32 Å². The normalized spacial score (nSPS) is 17.7. The van der Waals surface area contributed by atoms with Gasteiger partial charge in [-0.1, -0.05) is 24.4 Å². The van der Waals surface area contributed by atoms with Crippen LogP contribution in [0.2, 0.25) is 5.15 Å². The molecule has 1 heterocycles. The maximum absolute atomic E-state index is 10.9. The first-order valence-corrected chi connectivity index (χ1v) is 6.14. The molecule has 1 saturated carbocycles. The van der Waals surface area contributed by atoms with Crippen LogP contribution in [-0.2, 0) is 0 Å². The Bertz CT molecular complexity index is 461. The van der Waals surface area contributed by atoms with Gasteiger partial charge < -0.3 is 10.4 Å². The van der Waals surface area contributed by atoms with E-state index in [1.165, 1.54) is 12.1 Å². The number of hydrogen-bond donors (Lipinski definition) is 2.